The molecular weight excluding hydrogens is 240 g/mol. The van der Waals surface area contributed by atoms with Crippen LogP contribution < -0.4 is 10.1 Å². The first-order chi connectivity index (χ1) is 9.21. The van der Waals surface area contributed by atoms with Gasteiger partial charge >= 0.3 is 0 Å². The number of nitrogens with one attached hydrogen (secondary N) is 1. The molecule has 4 heteroatoms. The second kappa shape index (κ2) is 8.77. The van der Waals surface area contributed by atoms with Crippen molar-refractivity contribution in [3.63, 3.8) is 0 Å². The molecule has 0 aliphatic rings. The van der Waals surface area contributed by atoms with Crippen LogP contribution in [0.3, 0.4) is 0 Å². The molecule has 0 bridgehead atoms. The highest BCUT2D eigenvalue weighted by atomic mass is 16.5. The van der Waals surface area contributed by atoms with Crippen LogP contribution in [0.15, 0.2) is 18.2 Å². The van der Waals surface area contributed by atoms with E-state index in [1.165, 1.54) is 0 Å². The molecule has 0 radical (unpaired) electrons. The van der Waals surface area contributed by atoms with E-state index < -0.39 is 0 Å². The summed E-state index contributed by atoms with van der Waals surface area (Å²) in [6.45, 7) is 11.8. The van der Waals surface area contributed by atoms with E-state index in [1.807, 2.05) is 19.1 Å². The fraction of sp³-hybridized carbons (Fsp3) is 0.600. The van der Waals surface area contributed by atoms with Gasteiger partial charge in [0.05, 0.1) is 6.61 Å². The van der Waals surface area contributed by atoms with E-state index >= 15 is 0 Å². The smallest absolute Gasteiger partial charge is 0.161 e. The minimum atomic E-state index is 0.203. The van der Waals surface area contributed by atoms with Crippen LogP contribution in [0.25, 0.3) is 0 Å². The van der Waals surface area contributed by atoms with E-state index in [0.29, 0.717) is 12.4 Å². The van der Waals surface area contributed by atoms with Gasteiger partial charge in [0.2, 0.25) is 0 Å². The van der Waals surface area contributed by atoms with Crippen molar-refractivity contribution in [2.45, 2.75) is 27.3 Å². The third-order valence-corrected chi connectivity index (χ3v) is 3.15. The molecule has 0 saturated heterocycles. The van der Waals surface area contributed by atoms with Crippen LogP contribution in [0, 0.1) is 0 Å². The summed E-state index contributed by atoms with van der Waals surface area (Å²) in [5.41, 5.74) is 1.13. The Morgan fingerprint density at radius 2 is 1.95 bits per heavy atom. The lowest BCUT2D eigenvalue weighted by atomic mass is 10.2. The summed E-state index contributed by atoms with van der Waals surface area (Å²) < 4.78 is 5.37. The first-order valence-corrected chi connectivity index (χ1v) is 7.09. The first-order valence-electron chi connectivity index (χ1n) is 7.09. The summed E-state index contributed by atoms with van der Waals surface area (Å²) in [5, 5.41) is 13.0. The highest BCUT2D eigenvalue weighted by molar-refractivity contribution is 5.41. The normalized spacial score (nSPS) is 10.9. The van der Waals surface area contributed by atoms with Crippen molar-refractivity contribution in [3.05, 3.63) is 23.8 Å². The molecule has 0 aliphatic carbocycles. The summed E-state index contributed by atoms with van der Waals surface area (Å²) >= 11 is 0. The molecule has 108 valence electrons. The van der Waals surface area contributed by atoms with Gasteiger partial charge in [-0.1, -0.05) is 19.9 Å². The van der Waals surface area contributed by atoms with Crippen molar-refractivity contribution < 1.29 is 9.84 Å². The molecule has 19 heavy (non-hydrogen) atoms. The zero-order valence-corrected chi connectivity index (χ0v) is 12.3. The van der Waals surface area contributed by atoms with Crippen LogP contribution in [-0.4, -0.2) is 42.8 Å². The van der Waals surface area contributed by atoms with Crippen LogP contribution in [0.1, 0.15) is 26.3 Å². The van der Waals surface area contributed by atoms with Gasteiger partial charge in [0.25, 0.3) is 0 Å². The predicted octanol–water partition coefficient (Wildman–Crippen LogP) is 2.22. The maximum Gasteiger partial charge on any atom is 0.161 e. The fourth-order valence-corrected chi connectivity index (χ4v) is 1.95. The van der Waals surface area contributed by atoms with E-state index in [-0.39, 0.29) is 5.75 Å². The lowest BCUT2D eigenvalue weighted by Gasteiger charge is -2.18. The molecule has 1 aromatic carbocycles. The zero-order chi connectivity index (χ0) is 14.1. The van der Waals surface area contributed by atoms with Crippen LogP contribution in [0.5, 0.6) is 11.5 Å². The molecule has 0 unspecified atom stereocenters. The second-order valence-corrected chi connectivity index (χ2v) is 4.44. The van der Waals surface area contributed by atoms with Gasteiger partial charge in [-0.3, -0.25) is 0 Å². The number of aromatic hydroxyl groups is 1. The van der Waals surface area contributed by atoms with Crippen molar-refractivity contribution >= 4 is 0 Å². The largest absolute Gasteiger partial charge is 0.504 e. The SMILES string of the molecule is CCOc1cc(CNCCN(CC)CC)ccc1O. The third-order valence-electron chi connectivity index (χ3n) is 3.15. The highest BCUT2D eigenvalue weighted by Crippen LogP contribution is 2.26. The summed E-state index contributed by atoms with van der Waals surface area (Å²) in [6, 6.07) is 5.50. The van der Waals surface area contributed by atoms with Gasteiger partial charge in [-0.15, -0.1) is 0 Å². The Bertz CT molecular complexity index is 365. The molecule has 0 aromatic heterocycles. The number of nitrogens with zero attached hydrogens (tertiary/aromatic N) is 1. The first kappa shape index (κ1) is 15.8. The van der Waals surface area contributed by atoms with Crippen LogP contribution in [-0.2, 0) is 6.54 Å². The van der Waals surface area contributed by atoms with Gasteiger partial charge in [-0.25, -0.2) is 0 Å². The van der Waals surface area contributed by atoms with Gasteiger partial charge in [-0.05, 0) is 37.7 Å². The number of ether oxygens (including phenoxy) is 1. The molecule has 1 aromatic rings. The van der Waals surface area contributed by atoms with Crippen LogP contribution >= 0.6 is 0 Å². The van der Waals surface area contributed by atoms with Crippen molar-refractivity contribution in [1.82, 2.24) is 10.2 Å². The molecule has 0 saturated carbocycles. The Morgan fingerprint density at radius 3 is 2.58 bits per heavy atom. The molecule has 0 amide bonds. The molecule has 4 nitrogen and oxygen atoms in total. The predicted molar refractivity (Wildman–Crippen MR) is 78.8 cm³/mol. The molecule has 0 aliphatic heterocycles. The van der Waals surface area contributed by atoms with E-state index in [9.17, 15) is 5.11 Å². The van der Waals surface area contributed by atoms with Crippen molar-refractivity contribution in [2.75, 3.05) is 32.8 Å². The van der Waals surface area contributed by atoms with Gasteiger partial charge < -0.3 is 20.1 Å². The van der Waals surface area contributed by atoms with Crippen molar-refractivity contribution in [3.8, 4) is 11.5 Å². The molecule has 0 heterocycles. The van der Waals surface area contributed by atoms with E-state index in [2.05, 4.69) is 24.1 Å². The lowest BCUT2D eigenvalue weighted by molar-refractivity contribution is 0.302. The summed E-state index contributed by atoms with van der Waals surface area (Å²) in [6.07, 6.45) is 0. The molecule has 2 N–H and O–H groups in total. The van der Waals surface area contributed by atoms with Gasteiger partial charge in [0.1, 0.15) is 0 Å². The number of phenolic OH excluding ortho intramolecular Hbond substituents is 1. The Kier molecular flexibility index (Phi) is 7.30. The van der Waals surface area contributed by atoms with E-state index in [1.54, 1.807) is 6.07 Å². The summed E-state index contributed by atoms with van der Waals surface area (Å²) in [4.78, 5) is 2.38. The zero-order valence-electron chi connectivity index (χ0n) is 12.3. The number of benzene rings is 1. The van der Waals surface area contributed by atoms with Gasteiger partial charge in [0.15, 0.2) is 11.5 Å². The molecular formula is C15H26N2O2. The molecule has 0 atom stereocenters. The molecule has 0 spiro atoms. The van der Waals surface area contributed by atoms with Gasteiger partial charge in [0, 0.05) is 19.6 Å². The fourth-order valence-electron chi connectivity index (χ4n) is 1.95. The Hall–Kier alpha value is -1.26. The summed E-state index contributed by atoms with van der Waals surface area (Å²) in [7, 11) is 0. The van der Waals surface area contributed by atoms with E-state index in [0.717, 1.165) is 38.3 Å². The number of rotatable bonds is 9. The van der Waals surface area contributed by atoms with E-state index in [4.69, 9.17) is 4.74 Å². The Morgan fingerprint density at radius 1 is 1.21 bits per heavy atom. The van der Waals surface area contributed by atoms with Crippen molar-refractivity contribution in [1.29, 1.82) is 0 Å². The minimum absolute atomic E-state index is 0.203. The maximum atomic E-state index is 9.62. The second-order valence-electron chi connectivity index (χ2n) is 4.44. The maximum absolute atomic E-state index is 9.62. The van der Waals surface area contributed by atoms with Crippen LogP contribution in [0.4, 0.5) is 0 Å². The third kappa shape index (κ3) is 5.49. The quantitative estimate of drug-likeness (QED) is 0.673. The molecule has 1 rings (SSSR count). The van der Waals surface area contributed by atoms with Gasteiger partial charge in [-0.2, -0.15) is 0 Å². The topological polar surface area (TPSA) is 44.7 Å². The number of hydrogen-bond donors (Lipinski definition) is 2. The average molecular weight is 266 g/mol. The number of hydrogen-bond acceptors (Lipinski definition) is 4. The lowest BCUT2D eigenvalue weighted by Crippen LogP contribution is -2.31. The molecule has 0 fully saturated rings. The van der Waals surface area contributed by atoms with Crippen LogP contribution in [0.2, 0.25) is 0 Å². The highest BCUT2D eigenvalue weighted by Gasteiger charge is 2.03. The van der Waals surface area contributed by atoms with Crippen molar-refractivity contribution in [2.24, 2.45) is 0 Å². The number of likely N-dealkylation sites (N-methyl/N-ethyl adjacent to an activating group) is 1. The average Bonchev–Trinajstić information content (AvgIpc) is 2.42. The summed E-state index contributed by atoms with van der Waals surface area (Å²) in [5.74, 6) is 0.763. The Balaban J connectivity index is 2.39. The standard InChI is InChI=1S/C15H26N2O2/c1-4-17(5-2)10-9-16-12-13-7-8-14(18)15(11-13)19-6-3/h7-8,11,16,18H,4-6,9-10,12H2,1-3H3. The minimum Gasteiger partial charge on any atom is -0.504 e. The monoisotopic (exact) mass is 266 g/mol. The Labute approximate surface area is 116 Å². The number of phenols is 1.